The number of halogens is 2. The number of hydrogen-bond acceptors (Lipinski definition) is 4. The first kappa shape index (κ1) is 21.8. The van der Waals surface area contributed by atoms with Gasteiger partial charge in [0.25, 0.3) is 11.5 Å². The molecule has 0 radical (unpaired) electrons. The average Bonchev–Trinajstić information content (AvgIpc) is 2.70. The van der Waals surface area contributed by atoms with E-state index in [1.807, 2.05) is 13.8 Å². The molecule has 7 nitrogen and oxygen atoms in total. The Morgan fingerprint density at radius 1 is 1.10 bits per heavy atom. The highest BCUT2D eigenvalue weighted by atomic mass is 35.5. The predicted molar refractivity (Wildman–Crippen MR) is 118 cm³/mol. The van der Waals surface area contributed by atoms with Gasteiger partial charge in [0.15, 0.2) is 5.69 Å². The van der Waals surface area contributed by atoms with Crippen LogP contribution in [-0.2, 0) is 4.79 Å². The largest absolute Gasteiger partial charge is 0.331 e. The Kier molecular flexibility index (Phi) is 6.43. The summed E-state index contributed by atoms with van der Waals surface area (Å²) in [5.74, 6) is -0.879. The lowest BCUT2D eigenvalue weighted by Gasteiger charge is -2.19. The van der Waals surface area contributed by atoms with Gasteiger partial charge in [-0.15, -0.1) is 0 Å². The van der Waals surface area contributed by atoms with Gasteiger partial charge in [-0.2, -0.15) is 5.10 Å². The molecule has 3 aromatic rings. The van der Waals surface area contributed by atoms with Gasteiger partial charge in [0.1, 0.15) is 0 Å². The normalized spacial score (nSPS) is 11.0. The molecule has 0 unspecified atom stereocenters. The van der Waals surface area contributed by atoms with Crippen molar-refractivity contribution >= 4 is 51.5 Å². The highest BCUT2D eigenvalue weighted by Gasteiger charge is 2.22. The molecule has 2 amide bonds. The molecular formula is C21H20Cl2N4O3. The molecule has 3 rings (SSSR count). The zero-order chi connectivity index (χ0) is 22.0. The van der Waals surface area contributed by atoms with Crippen LogP contribution in [-0.4, -0.2) is 40.1 Å². The van der Waals surface area contributed by atoms with Gasteiger partial charge in [0.2, 0.25) is 5.91 Å². The fraction of sp³-hybridized carbons (Fsp3) is 0.238. The molecule has 0 aliphatic carbocycles. The number of carbonyl (C=O) groups excluding carboxylic acids is 2. The van der Waals surface area contributed by atoms with Crippen LogP contribution in [0.3, 0.4) is 0 Å². The van der Waals surface area contributed by atoms with Crippen LogP contribution in [0.4, 0.5) is 5.69 Å². The van der Waals surface area contributed by atoms with Crippen molar-refractivity contribution in [2.24, 2.45) is 0 Å². The Morgan fingerprint density at radius 3 is 2.40 bits per heavy atom. The number of nitrogens with zero attached hydrogens (tertiary/aromatic N) is 3. The van der Waals surface area contributed by atoms with E-state index in [-0.39, 0.29) is 23.8 Å². The highest BCUT2D eigenvalue weighted by molar-refractivity contribution is 6.42. The predicted octanol–water partition coefficient (Wildman–Crippen LogP) is 3.99. The second kappa shape index (κ2) is 8.85. The summed E-state index contributed by atoms with van der Waals surface area (Å²) >= 11 is 11.8. The van der Waals surface area contributed by atoms with Gasteiger partial charge in [0.05, 0.1) is 28.0 Å². The topological polar surface area (TPSA) is 84.3 Å². The molecule has 0 atom stereocenters. The lowest BCUT2D eigenvalue weighted by molar-refractivity contribution is -0.116. The molecule has 0 bridgehead atoms. The number of amides is 2. The van der Waals surface area contributed by atoms with Crippen molar-refractivity contribution in [3.8, 4) is 0 Å². The molecule has 1 heterocycles. The Bertz CT molecular complexity index is 1190. The Balaban J connectivity index is 1.86. The quantitative estimate of drug-likeness (QED) is 0.641. The van der Waals surface area contributed by atoms with E-state index < -0.39 is 11.8 Å². The number of benzene rings is 2. The maximum Gasteiger partial charge on any atom is 0.275 e. The van der Waals surface area contributed by atoms with E-state index in [9.17, 15) is 14.4 Å². The minimum absolute atomic E-state index is 0.115. The first-order chi connectivity index (χ1) is 14.2. The summed E-state index contributed by atoms with van der Waals surface area (Å²) in [7, 11) is 1.50. The Hall–Kier alpha value is -2.90. The van der Waals surface area contributed by atoms with E-state index in [4.69, 9.17) is 23.2 Å². The van der Waals surface area contributed by atoms with Crippen molar-refractivity contribution in [3.63, 3.8) is 0 Å². The number of anilines is 1. The van der Waals surface area contributed by atoms with Crippen LogP contribution < -0.4 is 10.9 Å². The fourth-order valence-corrected chi connectivity index (χ4v) is 3.25. The number of likely N-dealkylation sites (N-methyl/N-ethyl adjacent to an activating group) is 1. The average molecular weight is 447 g/mol. The molecule has 2 aromatic carbocycles. The van der Waals surface area contributed by atoms with Crippen molar-refractivity contribution in [2.75, 3.05) is 18.9 Å². The van der Waals surface area contributed by atoms with Gasteiger partial charge in [0, 0.05) is 18.1 Å². The number of nitrogens with one attached hydrogen (secondary N) is 1. The van der Waals surface area contributed by atoms with Gasteiger partial charge >= 0.3 is 0 Å². The lowest BCUT2D eigenvalue weighted by atomic mass is 10.1. The molecule has 0 aliphatic rings. The molecular weight excluding hydrogens is 427 g/mol. The van der Waals surface area contributed by atoms with Crippen molar-refractivity contribution in [2.45, 2.75) is 19.9 Å². The fourth-order valence-electron chi connectivity index (χ4n) is 2.96. The van der Waals surface area contributed by atoms with Crippen LogP contribution in [0.25, 0.3) is 10.8 Å². The van der Waals surface area contributed by atoms with Gasteiger partial charge in [-0.1, -0.05) is 41.4 Å². The molecule has 0 aliphatic heterocycles. The van der Waals surface area contributed by atoms with Crippen molar-refractivity contribution in [3.05, 3.63) is 68.6 Å². The summed E-state index contributed by atoms with van der Waals surface area (Å²) in [5.41, 5.74) is 0.313. The number of rotatable bonds is 5. The number of hydrogen-bond donors (Lipinski definition) is 1. The summed E-state index contributed by atoms with van der Waals surface area (Å²) in [6, 6.07) is 11.3. The van der Waals surface area contributed by atoms with Crippen LogP contribution in [0.5, 0.6) is 0 Å². The standard InChI is InChI=1S/C21H20Cl2N4O3/c1-12(2)27-20(29)15-7-5-4-6-14(15)19(25-27)21(30)26(3)11-18(28)24-13-8-9-16(22)17(23)10-13/h4-10,12H,11H2,1-3H3,(H,24,28). The third-order valence-electron chi connectivity index (χ3n) is 4.45. The number of carbonyl (C=O) groups is 2. The maximum absolute atomic E-state index is 13.1. The minimum atomic E-state index is -0.468. The van der Waals surface area contributed by atoms with E-state index in [2.05, 4.69) is 10.4 Å². The first-order valence-electron chi connectivity index (χ1n) is 9.21. The number of aromatic nitrogens is 2. The molecule has 1 aromatic heterocycles. The van der Waals surface area contributed by atoms with Crippen LogP contribution in [0.2, 0.25) is 10.0 Å². The molecule has 0 saturated heterocycles. The van der Waals surface area contributed by atoms with Crippen LogP contribution in [0.15, 0.2) is 47.3 Å². The lowest BCUT2D eigenvalue weighted by Crippen LogP contribution is -2.37. The SMILES string of the molecule is CC(C)n1nc(C(=O)N(C)CC(=O)Nc2ccc(Cl)c(Cl)c2)c2ccccc2c1=O. The Labute approximate surface area is 183 Å². The van der Waals surface area contributed by atoms with Gasteiger partial charge < -0.3 is 10.2 Å². The van der Waals surface area contributed by atoms with E-state index in [1.54, 1.807) is 36.4 Å². The Morgan fingerprint density at radius 2 is 1.77 bits per heavy atom. The molecule has 9 heteroatoms. The zero-order valence-corrected chi connectivity index (χ0v) is 18.2. The molecule has 0 fully saturated rings. The van der Waals surface area contributed by atoms with E-state index >= 15 is 0 Å². The van der Waals surface area contributed by atoms with E-state index in [0.29, 0.717) is 26.5 Å². The summed E-state index contributed by atoms with van der Waals surface area (Å²) in [6.07, 6.45) is 0. The third-order valence-corrected chi connectivity index (χ3v) is 5.19. The van der Waals surface area contributed by atoms with Gasteiger partial charge in [-0.05, 0) is 38.1 Å². The van der Waals surface area contributed by atoms with Crippen molar-refractivity contribution in [1.82, 2.24) is 14.7 Å². The minimum Gasteiger partial charge on any atom is -0.331 e. The molecule has 0 spiro atoms. The first-order valence-corrected chi connectivity index (χ1v) is 9.96. The number of fused-ring (bicyclic) bond motifs is 1. The van der Waals surface area contributed by atoms with E-state index in [0.717, 1.165) is 0 Å². The van der Waals surface area contributed by atoms with E-state index in [1.165, 1.54) is 22.7 Å². The summed E-state index contributed by atoms with van der Waals surface area (Å²) in [6.45, 7) is 3.41. The maximum atomic E-state index is 13.1. The second-order valence-electron chi connectivity index (χ2n) is 7.08. The van der Waals surface area contributed by atoms with Crippen LogP contribution >= 0.6 is 23.2 Å². The molecule has 1 N–H and O–H groups in total. The van der Waals surface area contributed by atoms with Crippen molar-refractivity contribution in [1.29, 1.82) is 0 Å². The monoisotopic (exact) mass is 446 g/mol. The molecule has 30 heavy (non-hydrogen) atoms. The smallest absolute Gasteiger partial charge is 0.275 e. The summed E-state index contributed by atoms with van der Waals surface area (Å²) < 4.78 is 1.28. The third kappa shape index (κ3) is 4.47. The van der Waals surface area contributed by atoms with Crippen molar-refractivity contribution < 1.29 is 9.59 Å². The molecule has 156 valence electrons. The van der Waals surface area contributed by atoms with Gasteiger partial charge in [-0.25, -0.2) is 4.68 Å². The van der Waals surface area contributed by atoms with Gasteiger partial charge in [-0.3, -0.25) is 14.4 Å². The zero-order valence-electron chi connectivity index (χ0n) is 16.6. The molecule has 0 saturated carbocycles. The second-order valence-corrected chi connectivity index (χ2v) is 7.89. The van der Waals surface area contributed by atoms with Crippen LogP contribution in [0.1, 0.15) is 30.4 Å². The highest BCUT2D eigenvalue weighted by Crippen LogP contribution is 2.25. The summed E-state index contributed by atoms with van der Waals surface area (Å²) in [4.78, 5) is 39.3. The summed E-state index contributed by atoms with van der Waals surface area (Å²) in [5, 5.41) is 8.49. The van der Waals surface area contributed by atoms with Crippen LogP contribution in [0, 0.1) is 0 Å².